The number of amides is 1. The summed E-state index contributed by atoms with van der Waals surface area (Å²) in [5.74, 6) is -0.777. The second kappa shape index (κ2) is 9.20. The lowest BCUT2D eigenvalue weighted by Crippen LogP contribution is -2.46. The van der Waals surface area contributed by atoms with Crippen molar-refractivity contribution in [3.63, 3.8) is 0 Å². The lowest BCUT2D eigenvalue weighted by atomic mass is 9.96. The molecule has 138 valence electrons. The van der Waals surface area contributed by atoms with Crippen LogP contribution in [0.3, 0.4) is 0 Å². The number of halogens is 1. The van der Waals surface area contributed by atoms with E-state index in [0.717, 1.165) is 12.8 Å². The molecule has 2 rings (SSSR count). The Morgan fingerprint density at radius 1 is 1.28 bits per heavy atom. The summed E-state index contributed by atoms with van der Waals surface area (Å²) >= 11 is 6.11. The molecule has 1 saturated heterocycles. The molecule has 1 aliphatic rings. The van der Waals surface area contributed by atoms with Gasteiger partial charge >= 0.3 is 5.97 Å². The molecule has 6 heteroatoms. The van der Waals surface area contributed by atoms with Gasteiger partial charge in [-0.25, -0.2) is 0 Å². The first-order valence-electron chi connectivity index (χ1n) is 8.88. The van der Waals surface area contributed by atoms with E-state index in [2.05, 4.69) is 5.32 Å². The molecule has 1 aromatic carbocycles. The minimum atomic E-state index is -0.743. The van der Waals surface area contributed by atoms with E-state index >= 15 is 0 Å². The minimum absolute atomic E-state index is 0.0349. The van der Waals surface area contributed by atoms with E-state index in [-0.39, 0.29) is 17.9 Å². The Kier molecular flexibility index (Phi) is 7.26. The highest BCUT2D eigenvalue weighted by atomic mass is 35.5. The van der Waals surface area contributed by atoms with Crippen molar-refractivity contribution in [2.75, 3.05) is 19.6 Å². The van der Waals surface area contributed by atoms with Gasteiger partial charge in [0.15, 0.2) is 0 Å². The van der Waals surface area contributed by atoms with E-state index < -0.39 is 5.97 Å². The van der Waals surface area contributed by atoms with Gasteiger partial charge in [0.05, 0.1) is 16.5 Å². The van der Waals surface area contributed by atoms with Crippen LogP contribution in [0.25, 0.3) is 0 Å². The standard InChI is InChI=1S/C19H27ClN2O3/c1-13(2)11-14(19(24)25)12-21-15-7-9-22(10-8-15)18(23)16-5-3-4-6-17(16)20/h3-6,13-15,21H,7-12H2,1-2H3,(H,24,25). The molecule has 5 nitrogen and oxygen atoms in total. The summed E-state index contributed by atoms with van der Waals surface area (Å²) in [6.45, 7) is 5.87. The van der Waals surface area contributed by atoms with Crippen molar-refractivity contribution in [2.24, 2.45) is 11.8 Å². The van der Waals surface area contributed by atoms with Gasteiger partial charge in [0.25, 0.3) is 5.91 Å². The highest BCUT2D eigenvalue weighted by Crippen LogP contribution is 2.20. The van der Waals surface area contributed by atoms with Gasteiger partial charge in [-0.3, -0.25) is 9.59 Å². The number of likely N-dealkylation sites (tertiary alicyclic amines) is 1. The van der Waals surface area contributed by atoms with E-state index in [1.54, 1.807) is 12.1 Å². The summed E-state index contributed by atoms with van der Waals surface area (Å²) in [5.41, 5.74) is 0.540. The lowest BCUT2D eigenvalue weighted by molar-refractivity contribution is -0.142. The monoisotopic (exact) mass is 366 g/mol. The van der Waals surface area contributed by atoms with Crippen LogP contribution in [0, 0.1) is 11.8 Å². The highest BCUT2D eigenvalue weighted by molar-refractivity contribution is 6.33. The van der Waals surface area contributed by atoms with Crippen molar-refractivity contribution in [3.8, 4) is 0 Å². The predicted octanol–water partition coefficient (Wildman–Crippen LogP) is 3.28. The first-order valence-corrected chi connectivity index (χ1v) is 9.26. The van der Waals surface area contributed by atoms with Crippen molar-refractivity contribution < 1.29 is 14.7 Å². The molecule has 1 amide bonds. The van der Waals surface area contributed by atoms with Crippen LogP contribution in [0.2, 0.25) is 5.02 Å². The van der Waals surface area contributed by atoms with Crippen molar-refractivity contribution in [1.29, 1.82) is 0 Å². The van der Waals surface area contributed by atoms with E-state index in [9.17, 15) is 14.7 Å². The fraction of sp³-hybridized carbons (Fsp3) is 0.579. The molecule has 1 unspecified atom stereocenters. The van der Waals surface area contributed by atoms with E-state index in [4.69, 9.17) is 11.6 Å². The number of carbonyl (C=O) groups is 2. The molecule has 1 atom stereocenters. The number of rotatable bonds is 7. The van der Waals surface area contributed by atoms with Gasteiger partial charge in [-0.1, -0.05) is 37.6 Å². The maximum atomic E-state index is 12.5. The smallest absolute Gasteiger partial charge is 0.307 e. The van der Waals surface area contributed by atoms with E-state index in [1.807, 2.05) is 30.9 Å². The number of carboxylic acid groups (broad SMARTS) is 1. The molecule has 0 radical (unpaired) electrons. The largest absolute Gasteiger partial charge is 0.481 e. The van der Waals surface area contributed by atoms with Crippen LogP contribution in [-0.4, -0.2) is 47.6 Å². The van der Waals surface area contributed by atoms with Gasteiger partial charge in [-0.05, 0) is 37.3 Å². The Hall–Kier alpha value is -1.59. The molecule has 0 saturated carbocycles. The van der Waals surface area contributed by atoms with Crippen molar-refractivity contribution in [3.05, 3.63) is 34.9 Å². The third-order valence-corrected chi connectivity index (χ3v) is 4.97. The van der Waals surface area contributed by atoms with Crippen LogP contribution in [-0.2, 0) is 4.79 Å². The maximum Gasteiger partial charge on any atom is 0.307 e. The average molecular weight is 367 g/mol. The molecule has 0 spiro atoms. The van der Waals surface area contributed by atoms with E-state index in [1.165, 1.54) is 0 Å². The Labute approximate surface area is 154 Å². The number of hydrogen-bond acceptors (Lipinski definition) is 3. The molecule has 1 fully saturated rings. The Balaban J connectivity index is 1.82. The maximum absolute atomic E-state index is 12.5. The van der Waals surface area contributed by atoms with Crippen LogP contribution in [0.4, 0.5) is 0 Å². The van der Waals surface area contributed by atoms with Gasteiger partial charge in [0.1, 0.15) is 0 Å². The predicted molar refractivity (Wildman–Crippen MR) is 99.0 cm³/mol. The summed E-state index contributed by atoms with van der Waals surface area (Å²) < 4.78 is 0. The summed E-state index contributed by atoms with van der Waals surface area (Å²) in [7, 11) is 0. The molecule has 2 N–H and O–H groups in total. The number of nitrogens with one attached hydrogen (secondary N) is 1. The van der Waals surface area contributed by atoms with Gasteiger partial charge in [-0.15, -0.1) is 0 Å². The zero-order chi connectivity index (χ0) is 18.4. The topological polar surface area (TPSA) is 69.6 Å². The van der Waals surface area contributed by atoms with Crippen LogP contribution in [0.15, 0.2) is 24.3 Å². The molecule has 1 aromatic rings. The number of benzene rings is 1. The van der Waals surface area contributed by atoms with Gasteiger partial charge in [0.2, 0.25) is 0 Å². The fourth-order valence-electron chi connectivity index (χ4n) is 3.24. The fourth-order valence-corrected chi connectivity index (χ4v) is 3.46. The minimum Gasteiger partial charge on any atom is -0.481 e. The number of nitrogens with zero attached hydrogens (tertiary/aromatic N) is 1. The molecule has 0 aliphatic carbocycles. The molecule has 0 bridgehead atoms. The van der Waals surface area contributed by atoms with Crippen LogP contribution >= 0.6 is 11.6 Å². The number of carboxylic acids is 1. The number of hydrogen-bond donors (Lipinski definition) is 2. The van der Waals surface area contributed by atoms with Crippen molar-refractivity contribution in [2.45, 2.75) is 39.2 Å². The second-order valence-electron chi connectivity index (χ2n) is 7.12. The SMILES string of the molecule is CC(C)CC(CNC1CCN(C(=O)c2ccccc2Cl)CC1)C(=O)O. The summed E-state index contributed by atoms with van der Waals surface area (Å²) in [5, 5.41) is 13.2. The lowest BCUT2D eigenvalue weighted by Gasteiger charge is -2.33. The Morgan fingerprint density at radius 3 is 2.48 bits per heavy atom. The molecular formula is C19H27ClN2O3. The zero-order valence-corrected chi connectivity index (χ0v) is 15.6. The Bertz CT molecular complexity index is 598. The van der Waals surface area contributed by atoms with Crippen LogP contribution in [0.1, 0.15) is 43.5 Å². The molecule has 25 heavy (non-hydrogen) atoms. The highest BCUT2D eigenvalue weighted by Gasteiger charge is 2.26. The van der Waals surface area contributed by atoms with Crippen molar-refractivity contribution in [1.82, 2.24) is 10.2 Å². The molecule has 1 heterocycles. The second-order valence-corrected chi connectivity index (χ2v) is 7.53. The molecule has 0 aromatic heterocycles. The molecule has 1 aliphatic heterocycles. The summed E-state index contributed by atoms with van der Waals surface area (Å²) in [4.78, 5) is 25.7. The first kappa shape index (κ1) is 19.7. The third-order valence-electron chi connectivity index (χ3n) is 4.64. The average Bonchev–Trinajstić information content (AvgIpc) is 2.58. The quantitative estimate of drug-likeness (QED) is 0.777. The van der Waals surface area contributed by atoms with Crippen LogP contribution in [0.5, 0.6) is 0 Å². The zero-order valence-electron chi connectivity index (χ0n) is 14.9. The van der Waals surface area contributed by atoms with Crippen LogP contribution < -0.4 is 5.32 Å². The van der Waals surface area contributed by atoms with Crippen molar-refractivity contribution >= 4 is 23.5 Å². The van der Waals surface area contributed by atoms with Gasteiger partial charge in [0, 0.05) is 25.7 Å². The van der Waals surface area contributed by atoms with E-state index in [0.29, 0.717) is 42.6 Å². The normalized spacial score (nSPS) is 16.9. The Morgan fingerprint density at radius 2 is 1.92 bits per heavy atom. The summed E-state index contributed by atoms with van der Waals surface area (Å²) in [6, 6.07) is 7.35. The number of aliphatic carboxylic acids is 1. The van der Waals surface area contributed by atoms with Gasteiger partial charge in [-0.2, -0.15) is 0 Å². The number of piperidine rings is 1. The molecular weight excluding hydrogens is 340 g/mol. The first-order chi connectivity index (χ1) is 11.9. The third kappa shape index (κ3) is 5.72. The number of carbonyl (C=O) groups excluding carboxylic acids is 1. The summed E-state index contributed by atoms with van der Waals surface area (Å²) in [6.07, 6.45) is 2.32. The van der Waals surface area contributed by atoms with Gasteiger partial charge < -0.3 is 15.3 Å².